The lowest BCUT2D eigenvalue weighted by Gasteiger charge is -2.26. The van der Waals surface area contributed by atoms with E-state index >= 15 is 0 Å². The largest absolute Gasteiger partial charge is 0.493 e. The van der Waals surface area contributed by atoms with E-state index in [-0.39, 0.29) is 35.1 Å². The molecule has 7 nitrogen and oxygen atoms in total. The van der Waals surface area contributed by atoms with Crippen LogP contribution >= 0.6 is 11.8 Å². The summed E-state index contributed by atoms with van der Waals surface area (Å²) in [5.41, 5.74) is 2.66. The van der Waals surface area contributed by atoms with E-state index in [2.05, 4.69) is 4.99 Å². The van der Waals surface area contributed by atoms with Crippen LogP contribution < -0.4 is 14.4 Å². The van der Waals surface area contributed by atoms with Crippen molar-refractivity contribution in [2.75, 3.05) is 30.6 Å². The Balaban J connectivity index is 1.63. The summed E-state index contributed by atoms with van der Waals surface area (Å²) < 4.78 is 35.0. The molecule has 0 bridgehead atoms. The Bertz CT molecular complexity index is 1150. The third-order valence-electron chi connectivity index (χ3n) is 5.47. The van der Waals surface area contributed by atoms with Gasteiger partial charge < -0.3 is 14.4 Å². The molecule has 164 valence electrons. The molecule has 0 saturated carbocycles. The number of para-hydroxylation sites is 1. The van der Waals surface area contributed by atoms with E-state index in [9.17, 15) is 13.2 Å². The first-order valence-electron chi connectivity index (χ1n) is 9.85. The Morgan fingerprint density at radius 1 is 1.13 bits per heavy atom. The second-order valence-corrected chi connectivity index (χ2v) is 11.0. The summed E-state index contributed by atoms with van der Waals surface area (Å²) in [6, 6.07) is 12.9. The lowest BCUT2D eigenvalue weighted by atomic mass is 10.1. The first-order valence-corrected chi connectivity index (χ1v) is 12.6. The number of carbonyl (C=O) groups excluding carboxylic acids is 1. The van der Waals surface area contributed by atoms with Gasteiger partial charge in [-0.25, -0.2) is 8.42 Å². The maximum absolute atomic E-state index is 12.8. The molecule has 0 unspecified atom stereocenters. The molecule has 2 atom stereocenters. The molecule has 0 N–H and O–H groups in total. The minimum Gasteiger partial charge on any atom is -0.493 e. The predicted octanol–water partition coefficient (Wildman–Crippen LogP) is 2.86. The normalized spacial score (nSPS) is 23.1. The second kappa shape index (κ2) is 8.55. The van der Waals surface area contributed by atoms with E-state index in [1.807, 2.05) is 42.2 Å². The molecule has 2 aromatic carbocycles. The van der Waals surface area contributed by atoms with Gasteiger partial charge in [0.2, 0.25) is 0 Å². The Morgan fingerprint density at radius 3 is 2.58 bits per heavy atom. The summed E-state index contributed by atoms with van der Waals surface area (Å²) in [6.07, 6.45) is 0.111. The van der Waals surface area contributed by atoms with Crippen molar-refractivity contribution >= 4 is 38.4 Å². The zero-order chi connectivity index (χ0) is 22.2. The molecule has 0 radical (unpaired) electrons. The van der Waals surface area contributed by atoms with Gasteiger partial charge in [0.1, 0.15) is 0 Å². The monoisotopic (exact) mass is 460 g/mol. The minimum atomic E-state index is -3.10. The maximum Gasteiger partial charge on any atom is 0.252 e. The molecule has 1 amide bonds. The molecular formula is C22H24N2O5S2. The molecule has 9 heteroatoms. The Kier molecular flexibility index (Phi) is 5.98. The van der Waals surface area contributed by atoms with Gasteiger partial charge in [-0.2, -0.15) is 4.99 Å². The van der Waals surface area contributed by atoms with Crippen molar-refractivity contribution in [3.05, 3.63) is 53.6 Å². The van der Waals surface area contributed by atoms with Crippen LogP contribution in [0.4, 0.5) is 5.69 Å². The van der Waals surface area contributed by atoms with Crippen molar-refractivity contribution in [3.63, 3.8) is 0 Å². The first kappa shape index (κ1) is 21.7. The van der Waals surface area contributed by atoms with Crippen LogP contribution in [0.2, 0.25) is 0 Å². The number of amidine groups is 1. The van der Waals surface area contributed by atoms with Crippen LogP contribution in [0.5, 0.6) is 11.5 Å². The number of methoxy groups -OCH3 is 2. The fourth-order valence-corrected chi connectivity index (χ4v) is 7.92. The molecule has 2 fully saturated rings. The Hall–Kier alpha value is -2.52. The minimum absolute atomic E-state index is 0.0713. The average Bonchev–Trinajstić information content (AvgIpc) is 3.19. The van der Waals surface area contributed by atoms with Crippen molar-refractivity contribution in [2.24, 2.45) is 4.99 Å². The van der Waals surface area contributed by atoms with Crippen LogP contribution in [0.3, 0.4) is 0 Å². The number of aliphatic imine (C=N–C) groups is 1. The zero-order valence-corrected chi connectivity index (χ0v) is 19.2. The van der Waals surface area contributed by atoms with E-state index in [4.69, 9.17) is 9.47 Å². The number of aryl methyl sites for hydroxylation is 1. The second-order valence-electron chi connectivity index (χ2n) is 7.61. The number of benzene rings is 2. The number of hydrogen-bond donors (Lipinski definition) is 0. The Labute approximate surface area is 186 Å². The van der Waals surface area contributed by atoms with E-state index < -0.39 is 9.84 Å². The molecule has 2 aromatic rings. The van der Waals surface area contributed by atoms with Gasteiger partial charge in [0, 0.05) is 10.9 Å². The van der Waals surface area contributed by atoms with Gasteiger partial charge in [-0.05, 0) is 36.2 Å². The zero-order valence-electron chi connectivity index (χ0n) is 17.6. The number of sulfone groups is 1. The van der Waals surface area contributed by atoms with Gasteiger partial charge in [-0.1, -0.05) is 36.0 Å². The topological polar surface area (TPSA) is 85.3 Å². The Morgan fingerprint density at radius 2 is 1.87 bits per heavy atom. The number of rotatable bonds is 5. The van der Waals surface area contributed by atoms with Gasteiger partial charge in [0.25, 0.3) is 5.91 Å². The number of hydrogen-bond acceptors (Lipinski definition) is 6. The number of carbonyl (C=O) groups is 1. The maximum atomic E-state index is 12.8. The molecule has 0 aromatic heterocycles. The number of anilines is 1. The molecule has 0 aliphatic carbocycles. The molecule has 31 heavy (non-hydrogen) atoms. The lowest BCUT2D eigenvalue weighted by Crippen LogP contribution is -2.38. The highest BCUT2D eigenvalue weighted by Crippen LogP contribution is 2.42. The molecule has 0 spiro atoms. The summed E-state index contributed by atoms with van der Waals surface area (Å²) >= 11 is 1.38. The van der Waals surface area contributed by atoms with Gasteiger partial charge in [-0.3, -0.25) is 4.79 Å². The molecule has 4 rings (SSSR count). The van der Waals surface area contributed by atoms with Crippen molar-refractivity contribution < 1.29 is 22.7 Å². The summed E-state index contributed by atoms with van der Waals surface area (Å²) in [6.45, 7) is 1.97. The molecule has 2 heterocycles. The van der Waals surface area contributed by atoms with Crippen molar-refractivity contribution in [2.45, 2.75) is 24.6 Å². The highest BCUT2D eigenvalue weighted by Gasteiger charge is 2.49. The van der Waals surface area contributed by atoms with Crippen LogP contribution in [0.25, 0.3) is 0 Å². The van der Waals surface area contributed by atoms with E-state index in [0.717, 1.165) is 16.8 Å². The molecular weight excluding hydrogens is 436 g/mol. The number of nitrogens with zero attached hydrogens (tertiary/aromatic N) is 2. The number of ether oxygens (including phenoxy) is 2. The van der Waals surface area contributed by atoms with E-state index in [1.165, 1.54) is 11.8 Å². The summed E-state index contributed by atoms with van der Waals surface area (Å²) in [7, 11) is 0.00384. The highest BCUT2D eigenvalue weighted by atomic mass is 32.2. The highest BCUT2D eigenvalue weighted by molar-refractivity contribution is 8.16. The number of thioether (sulfide) groups is 1. The predicted molar refractivity (Wildman–Crippen MR) is 123 cm³/mol. The molecule has 2 aliphatic heterocycles. The third-order valence-corrected chi connectivity index (χ3v) is 8.67. The van der Waals surface area contributed by atoms with Crippen molar-refractivity contribution in [1.29, 1.82) is 0 Å². The average molecular weight is 461 g/mol. The lowest BCUT2D eigenvalue weighted by molar-refractivity contribution is -0.117. The first-order chi connectivity index (χ1) is 14.8. The fourth-order valence-electron chi connectivity index (χ4n) is 3.99. The smallest absolute Gasteiger partial charge is 0.252 e. The SMILES string of the molecule is COc1ccc(CC(=O)N=C2S[C@@H]3CS(=O)(=O)C[C@H]3N2c2ccccc2C)cc1OC. The molecule has 2 aliphatic rings. The van der Waals surface area contributed by atoms with Crippen LogP contribution in [0.15, 0.2) is 47.5 Å². The van der Waals surface area contributed by atoms with E-state index in [1.54, 1.807) is 26.4 Å². The third kappa shape index (κ3) is 4.43. The quantitative estimate of drug-likeness (QED) is 0.678. The summed E-state index contributed by atoms with van der Waals surface area (Å²) in [5.74, 6) is 1.03. The standard InChI is InChI=1S/C22H24N2O5S2/c1-14-6-4-5-7-16(14)24-17-12-31(26,27)13-20(17)30-22(24)23-21(25)11-15-8-9-18(28-2)19(10-15)29-3/h4-10,17,20H,11-13H2,1-3H3/t17-,20-/m1/s1. The fraction of sp³-hybridized carbons (Fsp3) is 0.364. The van der Waals surface area contributed by atoms with E-state index in [0.29, 0.717) is 16.7 Å². The van der Waals surface area contributed by atoms with Crippen LogP contribution in [0, 0.1) is 6.92 Å². The van der Waals surface area contributed by atoms with Crippen LogP contribution in [0.1, 0.15) is 11.1 Å². The molecule has 2 saturated heterocycles. The number of fused-ring (bicyclic) bond motifs is 1. The summed E-state index contributed by atoms with van der Waals surface area (Å²) in [4.78, 5) is 19.1. The van der Waals surface area contributed by atoms with Gasteiger partial charge in [0.05, 0.1) is 38.2 Å². The van der Waals surface area contributed by atoms with Gasteiger partial charge in [0.15, 0.2) is 26.5 Å². The van der Waals surface area contributed by atoms with Crippen LogP contribution in [-0.4, -0.2) is 56.5 Å². The van der Waals surface area contributed by atoms with Crippen molar-refractivity contribution in [3.8, 4) is 11.5 Å². The van der Waals surface area contributed by atoms with Crippen molar-refractivity contribution in [1.82, 2.24) is 0 Å². The van der Waals surface area contributed by atoms with Crippen LogP contribution in [-0.2, 0) is 21.1 Å². The number of amides is 1. The van der Waals surface area contributed by atoms with Gasteiger partial charge >= 0.3 is 0 Å². The summed E-state index contributed by atoms with van der Waals surface area (Å²) in [5, 5.41) is 0.432. The van der Waals surface area contributed by atoms with Gasteiger partial charge in [-0.15, -0.1) is 0 Å².